The molecule has 1 heterocycles. The van der Waals surface area contributed by atoms with Gasteiger partial charge in [0.1, 0.15) is 5.82 Å². The predicted molar refractivity (Wildman–Crippen MR) is 113 cm³/mol. The first kappa shape index (κ1) is 21.0. The Balaban J connectivity index is 1.34. The van der Waals surface area contributed by atoms with Gasteiger partial charge in [-0.05, 0) is 80.0 Å². The summed E-state index contributed by atoms with van der Waals surface area (Å²) in [6, 6.07) is 11.2. The van der Waals surface area contributed by atoms with Crippen LogP contribution in [-0.4, -0.2) is 31.7 Å². The summed E-state index contributed by atoms with van der Waals surface area (Å²) in [7, 11) is -3.66. The molecular formula is C23H27FN2O3S. The number of hydrogen-bond donors (Lipinski definition) is 1. The number of nitrogens with zero attached hydrogens (tertiary/aromatic N) is 1. The van der Waals surface area contributed by atoms with Gasteiger partial charge in [0.15, 0.2) is 0 Å². The van der Waals surface area contributed by atoms with Crippen LogP contribution in [0.5, 0.6) is 0 Å². The molecule has 1 aliphatic heterocycles. The quantitative estimate of drug-likeness (QED) is 0.788. The van der Waals surface area contributed by atoms with Gasteiger partial charge in [0.25, 0.3) is 0 Å². The standard InChI is InChI=1S/C23H27FN2O3S/c1-16(19-6-5-17-3-2-4-20(17)15-19)25-23(27)18-11-13-26(14-12-18)30(28,29)22-9-7-21(24)8-10-22/h5-10,15-16,18H,2-4,11-14H2,1H3,(H,25,27). The van der Waals surface area contributed by atoms with Crippen molar-refractivity contribution in [1.82, 2.24) is 9.62 Å². The molecule has 1 fully saturated rings. The summed E-state index contributed by atoms with van der Waals surface area (Å²) in [5, 5.41) is 3.10. The van der Waals surface area contributed by atoms with E-state index in [2.05, 4.69) is 23.5 Å². The Kier molecular flexibility index (Phi) is 5.93. The lowest BCUT2D eigenvalue weighted by molar-refractivity contribution is -0.126. The highest BCUT2D eigenvalue weighted by molar-refractivity contribution is 7.89. The van der Waals surface area contributed by atoms with Crippen LogP contribution in [0.2, 0.25) is 0 Å². The maximum Gasteiger partial charge on any atom is 0.243 e. The molecule has 1 saturated heterocycles. The number of fused-ring (bicyclic) bond motifs is 1. The van der Waals surface area contributed by atoms with Crippen LogP contribution >= 0.6 is 0 Å². The van der Waals surface area contributed by atoms with Crippen LogP contribution < -0.4 is 5.32 Å². The van der Waals surface area contributed by atoms with E-state index in [9.17, 15) is 17.6 Å². The van der Waals surface area contributed by atoms with E-state index in [1.165, 1.54) is 34.0 Å². The molecule has 0 saturated carbocycles. The number of carbonyl (C=O) groups excluding carboxylic acids is 1. The average molecular weight is 431 g/mol. The van der Waals surface area contributed by atoms with Crippen molar-refractivity contribution in [3.05, 3.63) is 65.0 Å². The molecule has 1 aliphatic carbocycles. The van der Waals surface area contributed by atoms with E-state index < -0.39 is 15.8 Å². The van der Waals surface area contributed by atoms with Gasteiger partial charge in [0.05, 0.1) is 10.9 Å². The van der Waals surface area contributed by atoms with Crippen LogP contribution in [0.3, 0.4) is 0 Å². The third-order valence-electron chi connectivity index (χ3n) is 6.26. The molecule has 2 aliphatic rings. The summed E-state index contributed by atoms with van der Waals surface area (Å²) < 4.78 is 39.9. The van der Waals surface area contributed by atoms with Crippen molar-refractivity contribution in [3.8, 4) is 0 Å². The number of carbonyl (C=O) groups is 1. The Morgan fingerprint density at radius 2 is 1.73 bits per heavy atom. The monoisotopic (exact) mass is 430 g/mol. The number of piperidine rings is 1. The minimum atomic E-state index is -3.66. The van der Waals surface area contributed by atoms with Crippen LogP contribution in [0.4, 0.5) is 4.39 Å². The maximum atomic E-state index is 13.1. The number of sulfonamides is 1. The first-order valence-electron chi connectivity index (χ1n) is 10.5. The Morgan fingerprint density at radius 3 is 2.43 bits per heavy atom. The minimum Gasteiger partial charge on any atom is -0.349 e. The van der Waals surface area contributed by atoms with E-state index in [1.807, 2.05) is 6.92 Å². The third-order valence-corrected chi connectivity index (χ3v) is 8.17. The number of nitrogens with one attached hydrogen (secondary N) is 1. The second-order valence-electron chi connectivity index (χ2n) is 8.24. The number of halogens is 1. The second-order valence-corrected chi connectivity index (χ2v) is 10.2. The molecule has 0 radical (unpaired) electrons. The highest BCUT2D eigenvalue weighted by Gasteiger charge is 2.32. The van der Waals surface area contributed by atoms with Gasteiger partial charge in [-0.25, -0.2) is 12.8 Å². The van der Waals surface area contributed by atoms with Crippen LogP contribution in [0, 0.1) is 11.7 Å². The smallest absolute Gasteiger partial charge is 0.243 e. The van der Waals surface area contributed by atoms with Gasteiger partial charge >= 0.3 is 0 Å². The predicted octanol–water partition coefficient (Wildman–Crippen LogP) is 3.59. The van der Waals surface area contributed by atoms with Gasteiger partial charge in [-0.15, -0.1) is 0 Å². The average Bonchev–Trinajstić information content (AvgIpc) is 3.22. The van der Waals surface area contributed by atoms with Gasteiger partial charge in [0, 0.05) is 19.0 Å². The van der Waals surface area contributed by atoms with Crippen LogP contribution in [-0.2, 0) is 27.7 Å². The van der Waals surface area contributed by atoms with Crippen molar-refractivity contribution in [2.24, 2.45) is 5.92 Å². The van der Waals surface area contributed by atoms with Crippen LogP contribution in [0.25, 0.3) is 0 Å². The van der Waals surface area contributed by atoms with E-state index >= 15 is 0 Å². The summed E-state index contributed by atoms with van der Waals surface area (Å²) in [5.41, 5.74) is 3.90. The molecule has 2 aromatic rings. The Labute approximate surface area is 177 Å². The highest BCUT2D eigenvalue weighted by Crippen LogP contribution is 2.27. The lowest BCUT2D eigenvalue weighted by Crippen LogP contribution is -2.43. The topological polar surface area (TPSA) is 66.5 Å². The number of amides is 1. The fourth-order valence-corrected chi connectivity index (χ4v) is 5.86. The first-order valence-corrected chi connectivity index (χ1v) is 12.0. The number of rotatable bonds is 5. The van der Waals surface area contributed by atoms with E-state index in [1.54, 1.807) is 0 Å². The first-order chi connectivity index (χ1) is 14.3. The van der Waals surface area contributed by atoms with Crippen molar-refractivity contribution >= 4 is 15.9 Å². The Bertz CT molecular complexity index is 1030. The fourth-order valence-electron chi connectivity index (χ4n) is 4.39. The van der Waals surface area contributed by atoms with Crippen molar-refractivity contribution in [2.75, 3.05) is 13.1 Å². The molecule has 1 unspecified atom stereocenters. The normalized spacial score (nSPS) is 18.7. The third kappa shape index (κ3) is 4.27. The Hall–Kier alpha value is -2.25. The van der Waals surface area contributed by atoms with Crippen molar-refractivity contribution < 1.29 is 17.6 Å². The van der Waals surface area contributed by atoms with Gasteiger partial charge in [-0.1, -0.05) is 18.2 Å². The van der Waals surface area contributed by atoms with Crippen molar-refractivity contribution in [3.63, 3.8) is 0 Å². The molecular weight excluding hydrogens is 403 g/mol. The zero-order valence-electron chi connectivity index (χ0n) is 17.1. The molecule has 1 atom stereocenters. The molecule has 1 amide bonds. The molecule has 160 valence electrons. The van der Waals surface area contributed by atoms with E-state index in [4.69, 9.17) is 0 Å². The van der Waals surface area contributed by atoms with E-state index in [0.717, 1.165) is 30.5 Å². The van der Waals surface area contributed by atoms with Gasteiger partial charge in [-0.2, -0.15) is 4.31 Å². The van der Waals surface area contributed by atoms with Crippen LogP contribution in [0.1, 0.15) is 48.9 Å². The molecule has 0 aromatic heterocycles. The summed E-state index contributed by atoms with van der Waals surface area (Å²) in [5.74, 6) is -0.704. The Morgan fingerprint density at radius 1 is 1.07 bits per heavy atom. The highest BCUT2D eigenvalue weighted by atomic mass is 32.2. The molecule has 1 N–H and O–H groups in total. The lowest BCUT2D eigenvalue weighted by Gasteiger charge is -2.31. The van der Waals surface area contributed by atoms with E-state index in [0.29, 0.717) is 12.8 Å². The zero-order chi connectivity index (χ0) is 21.3. The van der Waals surface area contributed by atoms with Crippen LogP contribution in [0.15, 0.2) is 47.4 Å². The van der Waals surface area contributed by atoms with E-state index in [-0.39, 0.29) is 35.9 Å². The molecule has 30 heavy (non-hydrogen) atoms. The largest absolute Gasteiger partial charge is 0.349 e. The lowest BCUT2D eigenvalue weighted by atomic mass is 9.96. The van der Waals surface area contributed by atoms with Crippen molar-refractivity contribution in [1.29, 1.82) is 0 Å². The fraction of sp³-hybridized carbons (Fsp3) is 0.435. The molecule has 0 bridgehead atoms. The zero-order valence-corrected chi connectivity index (χ0v) is 17.9. The number of benzene rings is 2. The minimum absolute atomic E-state index is 0.0261. The molecule has 0 spiro atoms. The summed E-state index contributed by atoms with van der Waals surface area (Å²) >= 11 is 0. The SMILES string of the molecule is CC(NC(=O)C1CCN(S(=O)(=O)c2ccc(F)cc2)CC1)c1ccc2c(c1)CCC2. The second kappa shape index (κ2) is 8.47. The summed E-state index contributed by atoms with van der Waals surface area (Å²) in [4.78, 5) is 12.8. The number of hydrogen-bond acceptors (Lipinski definition) is 3. The summed E-state index contributed by atoms with van der Waals surface area (Å²) in [6.07, 6.45) is 4.38. The summed E-state index contributed by atoms with van der Waals surface area (Å²) in [6.45, 7) is 2.55. The van der Waals surface area contributed by atoms with Gasteiger partial charge in [0.2, 0.25) is 15.9 Å². The van der Waals surface area contributed by atoms with Gasteiger partial charge < -0.3 is 5.32 Å². The molecule has 2 aromatic carbocycles. The number of aryl methyl sites for hydroxylation is 2. The molecule has 5 nitrogen and oxygen atoms in total. The van der Waals surface area contributed by atoms with Gasteiger partial charge in [-0.3, -0.25) is 4.79 Å². The maximum absolute atomic E-state index is 13.1. The van der Waals surface area contributed by atoms with Crippen molar-refractivity contribution in [2.45, 2.75) is 50.0 Å². The molecule has 4 rings (SSSR count). The molecule has 7 heteroatoms.